The molecule has 1 saturated heterocycles. The fraction of sp³-hybridized carbons (Fsp3) is 0.438. The zero-order valence-corrected chi connectivity index (χ0v) is 13.2. The van der Waals surface area contributed by atoms with E-state index in [1.165, 1.54) is 16.9 Å². The topological polar surface area (TPSA) is 55.6 Å². The minimum Gasteiger partial charge on any atom is -0.397 e. The van der Waals surface area contributed by atoms with Gasteiger partial charge in [-0.2, -0.15) is 0 Å². The van der Waals surface area contributed by atoms with Gasteiger partial charge in [0.05, 0.1) is 18.4 Å². The van der Waals surface area contributed by atoms with Crippen molar-refractivity contribution < 1.29 is 9.53 Å². The fourth-order valence-corrected chi connectivity index (χ4v) is 3.87. The number of rotatable bonds is 2. The molecule has 0 aliphatic carbocycles. The van der Waals surface area contributed by atoms with Gasteiger partial charge < -0.3 is 15.4 Å². The number of hydrogen-bond donors (Lipinski definition) is 1. The van der Waals surface area contributed by atoms with Gasteiger partial charge in [0.25, 0.3) is 5.91 Å². The van der Waals surface area contributed by atoms with Crippen molar-refractivity contribution in [3.63, 3.8) is 0 Å². The van der Waals surface area contributed by atoms with Gasteiger partial charge in [-0.05, 0) is 25.0 Å². The SMILES string of the molecule is CCC1CN(C(=O)c2sc3cc(C)ccc3c2N)CCO1. The molecule has 0 spiro atoms. The number of carbonyl (C=O) groups is 1. The molecule has 1 aromatic heterocycles. The monoisotopic (exact) mass is 304 g/mol. The molecule has 1 fully saturated rings. The van der Waals surface area contributed by atoms with Crippen molar-refractivity contribution in [2.45, 2.75) is 26.4 Å². The van der Waals surface area contributed by atoms with E-state index in [1.807, 2.05) is 24.0 Å². The lowest BCUT2D eigenvalue weighted by atomic mass is 10.1. The van der Waals surface area contributed by atoms with Crippen LogP contribution in [0, 0.1) is 6.92 Å². The quantitative estimate of drug-likeness (QED) is 0.928. The molecule has 3 rings (SSSR count). The van der Waals surface area contributed by atoms with Crippen molar-refractivity contribution >= 4 is 33.0 Å². The Kier molecular flexibility index (Phi) is 3.87. The molecule has 112 valence electrons. The number of nitrogen functional groups attached to an aromatic ring is 1. The van der Waals surface area contributed by atoms with Crippen molar-refractivity contribution in [2.75, 3.05) is 25.4 Å². The van der Waals surface area contributed by atoms with Gasteiger partial charge in [-0.3, -0.25) is 4.79 Å². The van der Waals surface area contributed by atoms with E-state index in [1.54, 1.807) is 0 Å². The van der Waals surface area contributed by atoms with Crippen LogP contribution in [0.1, 0.15) is 28.6 Å². The number of morpholine rings is 1. The summed E-state index contributed by atoms with van der Waals surface area (Å²) in [6.45, 7) is 6.03. The van der Waals surface area contributed by atoms with E-state index < -0.39 is 0 Å². The van der Waals surface area contributed by atoms with Crippen LogP contribution in [0.4, 0.5) is 5.69 Å². The lowest BCUT2D eigenvalue weighted by molar-refractivity contribution is -0.0224. The number of anilines is 1. The molecule has 1 aliphatic rings. The Labute approximate surface area is 128 Å². The lowest BCUT2D eigenvalue weighted by Crippen LogP contribution is -2.45. The second-order valence-corrected chi connectivity index (χ2v) is 6.55. The third kappa shape index (κ3) is 2.63. The maximum Gasteiger partial charge on any atom is 0.266 e. The molecular weight excluding hydrogens is 284 g/mol. The summed E-state index contributed by atoms with van der Waals surface area (Å²) < 4.78 is 6.71. The Hall–Kier alpha value is -1.59. The average molecular weight is 304 g/mol. The van der Waals surface area contributed by atoms with E-state index in [-0.39, 0.29) is 12.0 Å². The summed E-state index contributed by atoms with van der Waals surface area (Å²) in [4.78, 5) is 15.3. The number of nitrogens with two attached hydrogens (primary N) is 1. The number of nitrogens with zero attached hydrogens (tertiary/aromatic N) is 1. The molecule has 2 aromatic rings. The largest absolute Gasteiger partial charge is 0.397 e. The van der Waals surface area contributed by atoms with Crippen LogP contribution in [0.3, 0.4) is 0 Å². The second-order valence-electron chi connectivity index (χ2n) is 5.50. The molecule has 0 radical (unpaired) electrons. The van der Waals surface area contributed by atoms with Gasteiger partial charge in [0, 0.05) is 23.2 Å². The predicted molar refractivity (Wildman–Crippen MR) is 86.9 cm³/mol. The summed E-state index contributed by atoms with van der Waals surface area (Å²) in [6, 6.07) is 6.12. The van der Waals surface area contributed by atoms with Crippen molar-refractivity contribution in [1.29, 1.82) is 0 Å². The van der Waals surface area contributed by atoms with E-state index in [2.05, 4.69) is 13.0 Å². The predicted octanol–water partition coefficient (Wildman–Crippen LogP) is 3.04. The Balaban J connectivity index is 1.92. The van der Waals surface area contributed by atoms with Gasteiger partial charge in [0.2, 0.25) is 0 Å². The molecule has 1 amide bonds. The first-order chi connectivity index (χ1) is 10.1. The Morgan fingerprint density at radius 2 is 2.33 bits per heavy atom. The third-order valence-electron chi connectivity index (χ3n) is 3.96. The number of aryl methyl sites for hydroxylation is 1. The summed E-state index contributed by atoms with van der Waals surface area (Å²) in [7, 11) is 0. The van der Waals surface area contributed by atoms with Crippen LogP contribution >= 0.6 is 11.3 Å². The molecule has 4 nitrogen and oxygen atoms in total. The van der Waals surface area contributed by atoms with Crippen molar-refractivity contribution in [3.8, 4) is 0 Å². The van der Waals surface area contributed by atoms with Crippen molar-refractivity contribution in [1.82, 2.24) is 4.90 Å². The minimum absolute atomic E-state index is 0.0353. The number of benzene rings is 1. The average Bonchev–Trinajstić information content (AvgIpc) is 2.83. The molecule has 5 heteroatoms. The van der Waals surface area contributed by atoms with Crippen LogP contribution in [0.2, 0.25) is 0 Å². The number of carbonyl (C=O) groups excluding carboxylic acids is 1. The molecule has 1 unspecified atom stereocenters. The first-order valence-electron chi connectivity index (χ1n) is 7.29. The highest BCUT2D eigenvalue weighted by Gasteiger charge is 2.27. The summed E-state index contributed by atoms with van der Waals surface area (Å²) >= 11 is 1.49. The van der Waals surface area contributed by atoms with Crippen LogP contribution in [0.15, 0.2) is 18.2 Å². The highest BCUT2D eigenvalue weighted by Crippen LogP contribution is 2.35. The summed E-state index contributed by atoms with van der Waals surface area (Å²) in [5.41, 5.74) is 7.99. The van der Waals surface area contributed by atoms with Crippen LogP contribution < -0.4 is 5.73 Å². The minimum atomic E-state index is 0.0353. The molecule has 2 N–H and O–H groups in total. The number of fused-ring (bicyclic) bond motifs is 1. The molecule has 1 aliphatic heterocycles. The van der Waals surface area contributed by atoms with Gasteiger partial charge >= 0.3 is 0 Å². The standard InChI is InChI=1S/C16H20N2O2S/c1-3-11-9-18(6-7-20-11)16(19)15-14(17)12-5-4-10(2)8-13(12)21-15/h4-5,8,11H,3,6-7,9,17H2,1-2H3. The zero-order chi connectivity index (χ0) is 15.0. The van der Waals surface area contributed by atoms with Gasteiger partial charge in [-0.25, -0.2) is 0 Å². The van der Waals surface area contributed by atoms with Crippen LogP contribution in [-0.4, -0.2) is 36.6 Å². The third-order valence-corrected chi connectivity index (χ3v) is 5.12. The maximum atomic E-state index is 12.7. The highest BCUT2D eigenvalue weighted by molar-refractivity contribution is 7.21. The van der Waals surface area contributed by atoms with Gasteiger partial charge in [-0.15, -0.1) is 11.3 Å². The molecule has 1 aromatic carbocycles. The van der Waals surface area contributed by atoms with E-state index in [0.29, 0.717) is 30.3 Å². The van der Waals surface area contributed by atoms with Gasteiger partial charge in [-0.1, -0.05) is 19.1 Å². The Bertz CT molecular complexity index is 680. The van der Waals surface area contributed by atoms with Crippen LogP contribution in [0.25, 0.3) is 10.1 Å². The van der Waals surface area contributed by atoms with E-state index >= 15 is 0 Å². The van der Waals surface area contributed by atoms with Gasteiger partial charge in [0.1, 0.15) is 4.88 Å². The fourth-order valence-electron chi connectivity index (χ4n) is 2.68. The Morgan fingerprint density at radius 3 is 3.10 bits per heavy atom. The number of thiophene rings is 1. The zero-order valence-electron chi connectivity index (χ0n) is 12.4. The maximum absolute atomic E-state index is 12.7. The molecule has 0 saturated carbocycles. The first kappa shape index (κ1) is 14.4. The number of amides is 1. The summed E-state index contributed by atoms with van der Waals surface area (Å²) in [5.74, 6) is 0.0353. The van der Waals surface area contributed by atoms with E-state index in [4.69, 9.17) is 10.5 Å². The first-order valence-corrected chi connectivity index (χ1v) is 8.11. The van der Waals surface area contributed by atoms with Crippen LogP contribution in [-0.2, 0) is 4.74 Å². The van der Waals surface area contributed by atoms with E-state index in [9.17, 15) is 4.79 Å². The molecule has 0 bridgehead atoms. The summed E-state index contributed by atoms with van der Waals surface area (Å²) in [6.07, 6.45) is 1.06. The molecule has 1 atom stereocenters. The van der Waals surface area contributed by atoms with E-state index in [0.717, 1.165) is 16.5 Å². The van der Waals surface area contributed by atoms with Crippen molar-refractivity contribution in [2.24, 2.45) is 0 Å². The summed E-state index contributed by atoms with van der Waals surface area (Å²) in [5, 5.41) is 0.981. The molecular formula is C16H20N2O2S. The second kappa shape index (κ2) is 5.66. The number of hydrogen-bond acceptors (Lipinski definition) is 4. The normalized spacial score (nSPS) is 19.1. The molecule has 21 heavy (non-hydrogen) atoms. The lowest BCUT2D eigenvalue weighted by Gasteiger charge is -2.32. The number of ether oxygens (including phenoxy) is 1. The highest BCUT2D eigenvalue weighted by atomic mass is 32.1. The van der Waals surface area contributed by atoms with Gasteiger partial charge in [0.15, 0.2) is 0 Å². The van der Waals surface area contributed by atoms with Crippen molar-refractivity contribution in [3.05, 3.63) is 28.6 Å². The smallest absolute Gasteiger partial charge is 0.266 e. The Morgan fingerprint density at radius 1 is 1.52 bits per heavy atom. The van der Waals surface area contributed by atoms with Crippen LogP contribution in [0.5, 0.6) is 0 Å². The molecule has 2 heterocycles.